The number of halogens is 3. The van der Waals surface area contributed by atoms with Crippen LogP contribution in [0.4, 0.5) is 18.3 Å². The predicted molar refractivity (Wildman–Crippen MR) is 94.3 cm³/mol. The van der Waals surface area contributed by atoms with Gasteiger partial charge in [0, 0.05) is 64.1 Å². The van der Waals surface area contributed by atoms with Crippen molar-refractivity contribution in [1.29, 1.82) is 0 Å². The van der Waals surface area contributed by atoms with Gasteiger partial charge >= 0.3 is 6.18 Å². The topological polar surface area (TPSA) is 56.7 Å². The number of hydrogen-bond donors (Lipinski definition) is 1. The second-order valence-electron chi connectivity index (χ2n) is 5.87. The SMILES string of the molecule is CCc1nsc(N2CCN(C(=NC)NCCCCC(F)(F)F)CC2)n1. The quantitative estimate of drug-likeness (QED) is 0.468. The molecule has 0 amide bonds. The maximum absolute atomic E-state index is 12.1. The molecule has 1 N–H and O–H groups in total. The van der Waals surface area contributed by atoms with E-state index >= 15 is 0 Å². The van der Waals surface area contributed by atoms with Crippen molar-refractivity contribution < 1.29 is 13.2 Å². The first-order chi connectivity index (χ1) is 11.9. The van der Waals surface area contributed by atoms with Gasteiger partial charge in [-0.05, 0) is 12.8 Å². The van der Waals surface area contributed by atoms with Crippen LogP contribution in [-0.4, -0.2) is 66.2 Å². The lowest BCUT2D eigenvalue weighted by molar-refractivity contribution is -0.135. The van der Waals surface area contributed by atoms with Crippen LogP contribution in [0.15, 0.2) is 4.99 Å². The lowest BCUT2D eigenvalue weighted by Crippen LogP contribution is -2.52. The Morgan fingerprint density at radius 3 is 2.52 bits per heavy atom. The maximum atomic E-state index is 12.1. The van der Waals surface area contributed by atoms with Gasteiger partial charge in [-0.15, -0.1) is 0 Å². The number of aliphatic imine (C=N–C) groups is 1. The number of aryl methyl sites for hydroxylation is 1. The van der Waals surface area contributed by atoms with Crippen LogP contribution in [0, 0.1) is 0 Å². The van der Waals surface area contributed by atoms with E-state index in [1.807, 2.05) is 6.92 Å². The molecule has 0 aliphatic carbocycles. The summed E-state index contributed by atoms with van der Waals surface area (Å²) in [5.74, 6) is 1.62. The second-order valence-corrected chi connectivity index (χ2v) is 6.60. The molecule has 0 aromatic carbocycles. The fourth-order valence-corrected chi connectivity index (χ4v) is 3.41. The molecule has 1 aromatic rings. The molecular formula is C15H25F3N6S. The average Bonchev–Trinajstić information content (AvgIpc) is 3.06. The summed E-state index contributed by atoms with van der Waals surface area (Å²) >= 11 is 1.43. The summed E-state index contributed by atoms with van der Waals surface area (Å²) in [7, 11) is 1.70. The number of nitrogens with one attached hydrogen (secondary N) is 1. The average molecular weight is 378 g/mol. The zero-order valence-electron chi connectivity index (χ0n) is 14.6. The molecule has 1 fully saturated rings. The third-order valence-electron chi connectivity index (χ3n) is 4.01. The van der Waals surface area contributed by atoms with Gasteiger partial charge in [0.25, 0.3) is 0 Å². The smallest absolute Gasteiger partial charge is 0.356 e. The maximum Gasteiger partial charge on any atom is 0.389 e. The fourth-order valence-electron chi connectivity index (χ4n) is 2.61. The number of guanidine groups is 1. The monoisotopic (exact) mass is 378 g/mol. The van der Waals surface area contributed by atoms with Gasteiger partial charge in [-0.3, -0.25) is 4.99 Å². The van der Waals surface area contributed by atoms with Gasteiger partial charge < -0.3 is 15.1 Å². The number of hydrogen-bond acceptors (Lipinski definition) is 5. The third-order valence-corrected chi connectivity index (χ3v) is 4.82. The Balaban J connectivity index is 1.72. The molecule has 0 radical (unpaired) electrons. The van der Waals surface area contributed by atoms with Crippen molar-refractivity contribution in [3.63, 3.8) is 0 Å². The minimum Gasteiger partial charge on any atom is -0.356 e. The van der Waals surface area contributed by atoms with Crippen LogP contribution in [0.3, 0.4) is 0 Å². The van der Waals surface area contributed by atoms with Gasteiger partial charge in [-0.2, -0.15) is 17.5 Å². The Kier molecular flexibility index (Phi) is 7.27. The first kappa shape index (κ1) is 19.7. The number of rotatable bonds is 6. The molecule has 6 nitrogen and oxygen atoms in total. The van der Waals surface area contributed by atoms with Crippen LogP contribution >= 0.6 is 11.5 Å². The normalized spacial score (nSPS) is 16.4. The van der Waals surface area contributed by atoms with Crippen molar-refractivity contribution in [2.75, 3.05) is 44.7 Å². The highest BCUT2D eigenvalue weighted by Crippen LogP contribution is 2.22. The molecule has 0 unspecified atom stereocenters. The first-order valence-electron chi connectivity index (χ1n) is 8.53. The molecule has 0 bridgehead atoms. The standard InChI is InChI=1S/C15H25F3N6S/c1-3-12-21-14(25-22-12)24-10-8-23(9-11-24)13(19-2)20-7-5-4-6-15(16,17)18/h3-11H2,1-2H3,(H,19,20). The van der Waals surface area contributed by atoms with Crippen molar-refractivity contribution in [1.82, 2.24) is 19.6 Å². The third kappa shape index (κ3) is 6.33. The molecule has 0 saturated carbocycles. The van der Waals surface area contributed by atoms with E-state index in [-0.39, 0.29) is 6.42 Å². The van der Waals surface area contributed by atoms with Gasteiger partial charge in [0.1, 0.15) is 5.82 Å². The summed E-state index contributed by atoms with van der Waals surface area (Å²) in [6.45, 7) is 5.78. The second kappa shape index (κ2) is 9.21. The molecule has 1 saturated heterocycles. The van der Waals surface area contributed by atoms with E-state index in [0.717, 1.165) is 49.5 Å². The largest absolute Gasteiger partial charge is 0.389 e. The van der Waals surface area contributed by atoms with Crippen LogP contribution in [0.5, 0.6) is 0 Å². The summed E-state index contributed by atoms with van der Waals surface area (Å²) in [5.41, 5.74) is 0. The Morgan fingerprint density at radius 2 is 1.96 bits per heavy atom. The number of alkyl halides is 3. The number of aromatic nitrogens is 2. The molecule has 1 aliphatic heterocycles. The molecule has 142 valence electrons. The molecular weight excluding hydrogens is 353 g/mol. The molecule has 1 aliphatic rings. The lowest BCUT2D eigenvalue weighted by Gasteiger charge is -2.36. The first-order valence-corrected chi connectivity index (χ1v) is 9.30. The molecule has 25 heavy (non-hydrogen) atoms. The summed E-state index contributed by atoms with van der Waals surface area (Å²) < 4.78 is 40.7. The number of unbranched alkanes of at least 4 members (excludes halogenated alkanes) is 1. The van der Waals surface area contributed by atoms with Crippen molar-refractivity contribution in [3.8, 4) is 0 Å². The molecule has 2 rings (SSSR count). The predicted octanol–water partition coefficient (Wildman–Crippen LogP) is 2.53. The van der Waals surface area contributed by atoms with E-state index in [1.165, 1.54) is 11.5 Å². The van der Waals surface area contributed by atoms with Crippen molar-refractivity contribution in [2.45, 2.75) is 38.8 Å². The van der Waals surface area contributed by atoms with E-state index < -0.39 is 12.6 Å². The van der Waals surface area contributed by atoms with Crippen LogP contribution in [0.25, 0.3) is 0 Å². The minimum absolute atomic E-state index is 0.137. The molecule has 0 atom stereocenters. The Labute approximate surface area is 150 Å². The summed E-state index contributed by atoms with van der Waals surface area (Å²) in [5, 5.41) is 4.11. The van der Waals surface area contributed by atoms with Crippen molar-refractivity contribution in [3.05, 3.63) is 5.82 Å². The lowest BCUT2D eigenvalue weighted by atomic mass is 10.2. The Hall–Kier alpha value is -1.58. The number of anilines is 1. The Morgan fingerprint density at radius 1 is 1.24 bits per heavy atom. The molecule has 0 spiro atoms. The summed E-state index contributed by atoms with van der Waals surface area (Å²) in [4.78, 5) is 13.1. The Bertz CT molecular complexity index is 552. The van der Waals surface area contributed by atoms with Crippen LogP contribution in [0.2, 0.25) is 0 Å². The zero-order valence-corrected chi connectivity index (χ0v) is 15.5. The van der Waals surface area contributed by atoms with Gasteiger partial charge in [0.2, 0.25) is 5.13 Å². The van der Waals surface area contributed by atoms with E-state index in [9.17, 15) is 13.2 Å². The fraction of sp³-hybridized carbons (Fsp3) is 0.800. The summed E-state index contributed by atoms with van der Waals surface area (Å²) in [6.07, 6.45) is -3.35. The van der Waals surface area contributed by atoms with Gasteiger partial charge in [0.05, 0.1) is 0 Å². The van der Waals surface area contributed by atoms with E-state index in [2.05, 4.69) is 29.5 Å². The zero-order chi connectivity index (χ0) is 18.3. The molecule has 1 aromatic heterocycles. The highest BCUT2D eigenvalue weighted by Gasteiger charge is 2.26. The molecule has 2 heterocycles. The van der Waals surface area contributed by atoms with E-state index in [4.69, 9.17) is 0 Å². The highest BCUT2D eigenvalue weighted by molar-refractivity contribution is 7.09. The van der Waals surface area contributed by atoms with Crippen molar-refractivity contribution >= 4 is 22.6 Å². The van der Waals surface area contributed by atoms with Gasteiger partial charge in [-0.25, -0.2) is 4.98 Å². The number of piperazine rings is 1. The van der Waals surface area contributed by atoms with Gasteiger partial charge in [-0.1, -0.05) is 6.92 Å². The summed E-state index contributed by atoms with van der Waals surface area (Å²) in [6, 6.07) is 0. The van der Waals surface area contributed by atoms with Crippen LogP contribution in [0.1, 0.15) is 32.0 Å². The number of nitrogens with zero attached hydrogens (tertiary/aromatic N) is 5. The van der Waals surface area contributed by atoms with E-state index in [0.29, 0.717) is 13.0 Å². The van der Waals surface area contributed by atoms with E-state index in [1.54, 1.807) is 7.05 Å². The molecule has 10 heteroatoms. The van der Waals surface area contributed by atoms with Crippen LogP contribution < -0.4 is 10.2 Å². The highest BCUT2D eigenvalue weighted by atomic mass is 32.1. The van der Waals surface area contributed by atoms with Crippen LogP contribution in [-0.2, 0) is 6.42 Å². The minimum atomic E-state index is -4.07. The van der Waals surface area contributed by atoms with Crippen molar-refractivity contribution in [2.24, 2.45) is 4.99 Å². The van der Waals surface area contributed by atoms with Gasteiger partial charge in [0.15, 0.2) is 5.96 Å².